The molecule has 1 unspecified atom stereocenters. The highest BCUT2D eigenvalue weighted by atomic mass is 16.4. The molecule has 2 fully saturated rings. The Kier molecular flexibility index (Phi) is 6.64. The zero-order chi connectivity index (χ0) is 20.9. The number of nitrogens with zero attached hydrogens (tertiary/aromatic N) is 2. The van der Waals surface area contributed by atoms with Gasteiger partial charge in [-0.3, -0.25) is 14.4 Å². The molecule has 0 aromatic heterocycles. The van der Waals surface area contributed by atoms with Crippen LogP contribution in [-0.2, 0) is 9.59 Å². The minimum atomic E-state index is -0.960. The summed E-state index contributed by atoms with van der Waals surface area (Å²) < 4.78 is 0. The van der Waals surface area contributed by atoms with E-state index in [1.54, 1.807) is 4.90 Å². The number of nitrogens with one attached hydrogen (secondary N) is 1. The molecule has 1 aromatic rings. The maximum absolute atomic E-state index is 13.4. The second kappa shape index (κ2) is 9.17. The number of benzene rings is 1. The van der Waals surface area contributed by atoms with E-state index in [4.69, 9.17) is 10.9 Å². The number of ketones is 1. The third-order valence-electron chi connectivity index (χ3n) is 6.26. The summed E-state index contributed by atoms with van der Waals surface area (Å²) >= 11 is 0. The van der Waals surface area contributed by atoms with Gasteiger partial charge in [0, 0.05) is 37.5 Å². The summed E-state index contributed by atoms with van der Waals surface area (Å²) in [6.07, 6.45) is 3.81. The van der Waals surface area contributed by atoms with Gasteiger partial charge in [-0.05, 0) is 42.9 Å². The topological polar surface area (TPSA) is 125 Å². The molecular weight excluding hydrogens is 372 g/mol. The fraction of sp³-hybridized carbons (Fsp3) is 0.524. The number of carbonyl (C=O) groups excluding carboxylic acids is 2. The maximum Gasteiger partial charge on any atom is 0.303 e. The van der Waals surface area contributed by atoms with Crippen LogP contribution in [0.5, 0.6) is 0 Å². The second-order valence-corrected chi connectivity index (χ2v) is 7.91. The number of hydrazone groups is 1. The van der Waals surface area contributed by atoms with Crippen molar-refractivity contribution in [2.24, 2.45) is 22.3 Å². The van der Waals surface area contributed by atoms with Gasteiger partial charge in [0.05, 0.1) is 12.6 Å². The SMILES string of the molecule is N/N=C/c1cccc(C(=O)C2CNCCC23CCN(C(=O)CCC(=O)O)CC3)c1. The zero-order valence-corrected chi connectivity index (χ0v) is 16.5. The van der Waals surface area contributed by atoms with Crippen molar-refractivity contribution in [1.29, 1.82) is 0 Å². The van der Waals surface area contributed by atoms with Crippen molar-refractivity contribution in [1.82, 2.24) is 10.2 Å². The number of carbonyl (C=O) groups is 3. The second-order valence-electron chi connectivity index (χ2n) is 7.91. The van der Waals surface area contributed by atoms with Crippen LogP contribution >= 0.6 is 0 Å². The Morgan fingerprint density at radius 2 is 2.00 bits per heavy atom. The summed E-state index contributed by atoms with van der Waals surface area (Å²) in [6.45, 7) is 2.63. The van der Waals surface area contributed by atoms with Crippen LogP contribution in [0, 0.1) is 11.3 Å². The van der Waals surface area contributed by atoms with Gasteiger partial charge in [0.2, 0.25) is 5.91 Å². The van der Waals surface area contributed by atoms with Gasteiger partial charge >= 0.3 is 5.97 Å². The first-order valence-electron chi connectivity index (χ1n) is 10.0. The van der Waals surface area contributed by atoms with Gasteiger partial charge in [0.25, 0.3) is 0 Å². The minimum absolute atomic E-state index is 0.0295. The van der Waals surface area contributed by atoms with Crippen molar-refractivity contribution in [3.05, 3.63) is 35.4 Å². The number of carboxylic acid groups (broad SMARTS) is 1. The lowest BCUT2D eigenvalue weighted by Gasteiger charge is -2.49. The van der Waals surface area contributed by atoms with Crippen molar-refractivity contribution in [3.63, 3.8) is 0 Å². The maximum atomic E-state index is 13.4. The lowest BCUT2D eigenvalue weighted by molar-refractivity contribution is -0.142. The molecule has 156 valence electrons. The van der Waals surface area contributed by atoms with Crippen LogP contribution in [0.4, 0.5) is 0 Å². The molecule has 0 aliphatic carbocycles. The third kappa shape index (κ3) is 4.82. The third-order valence-corrected chi connectivity index (χ3v) is 6.26. The van der Waals surface area contributed by atoms with Gasteiger partial charge in [0.15, 0.2) is 5.78 Å². The summed E-state index contributed by atoms with van der Waals surface area (Å²) in [5.41, 5.74) is 1.30. The quantitative estimate of drug-likeness (QED) is 0.286. The van der Waals surface area contributed by atoms with Gasteiger partial charge in [-0.1, -0.05) is 18.2 Å². The van der Waals surface area contributed by atoms with Crippen molar-refractivity contribution in [3.8, 4) is 0 Å². The molecule has 0 bridgehead atoms. The van der Waals surface area contributed by atoms with E-state index >= 15 is 0 Å². The Morgan fingerprint density at radius 1 is 1.24 bits per heavy atom. The van der Waals surface area contributed by atoms with Gasteiger partial charge in [-0.2, -0.15) is 5.10 Å². The lowest BCUT2D eigenvalue weighted by Crippen LogP contribution is -2.54. The van der Waals surface area contributed by atoms with E-state index in [9.17, 15) is 14.4 Å². The number of carboxylic acids is 1. The molecule has 1 aromatic carbocycles. The molecule has 2 saturated heterocycles. The highest BCUT2D eigenvalue weighted by Gasteiger charge is 2.46. The molecule has 2 heterocycles. The highest BCUT2D eigenvalue weighted by molar-refractivity contribution is 6.00. The Balaban J connectivity index is 1.71. The number of aliphatic carboxylic acids is 1. The molecule has 1 amide bonds. The molecule has 0 saturated carbocycles. The first-order chi connectivity index (χ1) is 13.9. The number of likely N-dealkylation sites (tertiary alicyclic amines) is 1. The summed E-state index contributed by atoms with van der Waals surface area (Å²) in [5, 5.41) is 15.7. The Bertz CT molecular complexity index is 800. The minimum Gasteiger partial charge on any atom is -0.481 e. The predicted octanol–water partition coefficient (Wildman–Crippen LogP) is 1.24. The van der Waals surface area contributed by atoms with E-state index in [-0.39, 0.29) is 35.9 Å². The van der Waals surface area contributed by atoms with Gasteiger partial charge in [-0.15, -0.1) is 0 Å². The molecule has 0 radical (unpaired) electrons. The molecule has 1 atom stereocenters. The van der Waals surface area contributed by atoms with E-state index in [2.05, 4.69) is 10.4 Å². The number of nitrogens with two attached hydrogens (primary N) is 1. The van der Waals surface area contributed by atoms with E-state index in [1.807, 2.05) is 24.3 Å². The van der Waals surface area contributed by atoms with Gasteiger partial charge < -0.3 is 21.2 Å². The Hall–Kier alpha value is -2.74. The molecule has 8 nitrogen and oxygen atoms in total. The van der Waals surface area contributed by atoms with E-state index in [0.717, 1.165) is 31.4 Å². The number of hydrogen-bond donors (Lipinski definition) is 3. The van der Waals surface area contributed by atoms with Crippen molar-refractivity contribution in [2.75, 3.05) is 26.2 Å². The molecule has 3 rings (SSSR count). The standard InChI is InChI=1S/C21H28N4O4/c22-24-13-15-2-1-3-16(12-15)20(29)17-14-23-9-6-21(17)7-10-25(11-8-21)18(26)4-5-19(27)28/h1-3,12-13,17,23H,4-11,14,22H2,(H,27,28)/b24-13+. The molecular formula is C21H28N4O4. The number of piperidine rings is 2. The van der Waals surface area contributed by atoms with Crippen LogP contribution in [-0.4, -0.2) is 60.1 Å². The monoisotopic (exact) mass is 400 g/mol. The number of hydrogen-bond acceptors (Lipinski definition) is 6. The Morgan fingerprint density at radius 3 is 2.69 bits per heavy atom. The molecule has 4 N–H and O–H groups in total. The van der Waals surface area contributed by atoms with Crippen LogP contribution in [0.3, 0.4) is 0 Å². The molecule has 8 heteroatoms. The normalized spacial score (nSPS) is 21.4. The van der Waals surface area contributed by atoms with Crippen molar-refractivity contribution >= 4 is 23.9 Å². The average molecular weight is 400 g/mol. The number of rotatable bonds is 6. The molecule has 2 aliphatic rings. The smallest absolute Gasteiger partial charge is 0.303 e. The summed E-state index contributed by atoms with van der Waals surface area (Å²) in [6, 6.07) is 7.31. The summed E-state index contributed by atoms with van der Waals surface area (Å²) in [7, 11) is 0. The zero-order valence-electron chi connectivity index (χ0n) is 16.5. The van der Waals surface area contributed by atoms with Crippen LogP contribution in [0.2, 0.25) is 0 Å². The molecule has 29 heavy (non-hydrogen) atoms. The Labute approximate surface area is 170 Å². The first-order valence-corrected chi connectivity index (χ1v) is 10.0. The van der Waals surface area contributed by atoms with Gasteiger partial charge in [-0.25, -0.2) is 0 Å². The van der Waals surface area contributed by atoms with Gasteiger partial charge in [0.1, 0.15) is 0 Å². The highest BCUT2D eigenvalue weighted by Crippen LogP contribution is 2.45. The number of Topliss-reactive ketones (excluding diaryl/α,β-unsaturated/α-hetero) is 1. The van der Waals surface area contributed by atoms with Crippen molar-refractivity contribution in [2.45, 2.75) is 32.1 Å². The van der Waals surface area contributed by atoms with Crippen molar-refractivity contribution < 1.29 is 19.5 Å². The average Bonchev–Trinajstić information content (AvgIpc) is 2.73. The molecule has 2 aliphatic heterocycles. The van der Waals surface area contributed by atoms with E-state index in [1.165, 1.54) is 6.21 Å². The van der Waals surface area contributed by atoms with Crippen LogP contribution in [0.25, 0.3) is 0 Å². The lowest BCUT2D eigenvalue weighted by atomic mass is 9.62. The van der Waals surface area contributed by atoms with Crippen LogP contribution in [0.1, 0.15) is 48.0 Å². The number of amides is 1. The summed E-state index contributed by atoms with van der Waals surface area (Å²) in [5.74, 6) is 4.10. The first kappa shape index (κ1) is 21.0. The predicted molar refractivity (Wildman–Crippen MR) is 109 cm³/mol. The van der Waals surface area contributed by atoms with Crippen LogP contribution in [0.15, 0.2) is 29.4 Å². The molecule has 1 spiro atoms. The van der Waals surface area contributed by atoms with E-state index < -0.39 is 5.97 Å². The van der Waals surface area contributed by atoms with Crippen LogP contribution < -0.4 is 11.2 Å². The largest absolute Gasteiger partial charge is 0.481 e. The van der Waals surface area contributed by atoms with E-state index in [0.29, 0.717) is 25.2 Å². The summed E-state index contributed by atoms with van der Waals surface area (Å²) in [4.78, 5) is 38.1. The fourth-order valence-corrected chi connectivity index (χ4v) is 4.58. The fourth-order valence-electron chi connectivity index (χ4n) is 4.58.